The molecule has 0 aliphatic heterocycles. The van der Waals surface area contributed by atoms with E-state index in [9.17, 15) is 0 Å². The molecule has 0 aliphatic carbocycles. The first-order valence-electron chi connectivity index (χ1n) is 4.18. The number of aliphatic hydroxyl groups excluding tert-OH is 1. The first-order chi connectivity index (χ1) is 5.31. The number of rotatable bonds is 7. The van der Waals surface area contributed by atoms with Gasteiger partial charge in [0.15, 0.2) is 6.29 Å². The Morgan fingerprint density at radius 3 is 2.55 bits per heavy atom. The van der Waals surface area contributed by atoms with Crippen molar-refractivity contribution in [1.82, 2.24) is 0 Å². The molecule has 0 spiro atoms. The van der Waals surface area contributed by atoms with Gasteiger partial charge in [-0.3, -0.25) is 0 Å². The van der Waals surface area contributed by atoms with Crippen LogP contribution in [0.2, 0.25) is 0 Å². The molecule has 0 radical (unpaired) electrons. The van der Waals surface area contributed by atoms with Crippen LogP contribution in [-0.4, -0.2) is 31.2 Å². The third-order valence-electron chi connectivity index (χ3n) is 1.28. The van der Waals surface area contributed by atoms with Crippen LogP contribution in [0.15, 0.2) is 0 Å². The summed E-state index contributed by atoms with van der Waals surface area (Å²) in [4.78, 5) is 0. The van der Waals surface area contributed by atoms with Crippen LogP contribution in [0.5, 0.6) is 0 Å². The number of hydrogen-bond acceptors (Lipinski definition) is 3. The molecule has 3 nitrogen and oxygen atoms in total. The Balaban J connectivity index is 2.97. The average molecular weight is 162 g/mol. The molecule has 0 bridgehead atoms. The van der Waals surface area contributed by atoms with Crippen LogP contribution >= 0.6 is 0 Å². The van der Waals surface area contributed by atoms with Gasteiger partial charge in [-0.05, 0) is 13.3 Å². The molecule has 1 unspecified atom stereocenters. The molecule has 68 valence electrons. The van der Waals surface area contributed by atoms with Gasteiger partial charge in [0.05, 0.1) is 13.2 Å². The minimum atomic E-state index is -0.611. The van der Waals surface area contributed by atoms with E-state index in [0.717, 1.165) is 6.42 Å². The first kappa shape index (κ1) is 10.9. The molecule has 0 amide bonds. The highest BCUT2D eigenvalue weighted by Gasteiger charge is 2.00. The van der Waals surface area contributed by atoms with E-state index in [1.165, 1.54) is 0 Å². The van der Waals surface area contributed by atoms with Gasteiger partial charge in [0.1, 0.15) is 0 Å². The summed E-state index contributed by atoms with van der Waals surface area (Å²) in [6.45, 7) is 5.69. The second kappa shape index (κ2) is 7.98. The molecule has 0 aromatic heterocycles. The van der Waals surface area contributed by atoms with E-state index in [1.54, 1.807) is 0 Å². The van der Waals surface area contributed by atoms with E-state index in [1.807, 2.05) is 13.8 Å². The highest BCUT2D eigenvalue weighted by atomic mass is 16.6. The Kier molecular flexibility index (Phi) is 7.89. The van der Waals surface area contributed by atoms with Crippen LogP contribution in [0.3, 0.4) is 0 Å². The normalized spacial score (nSPS) is 13.4. The Bertz CT molecular complexity index is 75.7. The lowest BCUT2D eigenvalue weighted by Crippen LogP contribution is -2.15. The van der Waals surface area contributed by atoms with Crippen molar-refractivity contribution < 1.29 is 14.6 Å². The summed E-state index contributed by atoms with van der Waals surface area (Å²) in [6, 6.07) is 0. The van der Waals surface area contributed by atoms with Gasteiger partial charge in [-0.1, -0.05) is 13.3 Å². The maximum Gasteiger partial charge on any atom is 0.154 e. The van der Waals surface area contributed by atoms with Crippen molar-refractivity contribution >= 4 is 0 Å². The summed E-state index contributed by atoms with van der Waals surface area (Å²) in [5.41, 5.74) is 0. The van der Waals surface area contributed by atoms with Gasteiger partial charge < -0.3 is 14.6 Å². The fourth-order valence-electron chi connectivity index (χ4n) is 0.718. The fourth-order valence-corrected chi connectivity index (χ4v) is 0.718. The van der Waals surface area contributed by atoms with Crippen molar-refractivity contribution in [2.75, 3.05) is 19.8 Å². The Hall–Kier alpha value is -0.120. The maximum absolute atomic E-state index is 9.07. The van der Waals surface area contributed by atoms with E-state index in [4.69, 9.17) is 14.6 Å². The summed E-state index contributed by atoms with van der Waals surface area (Å²) < 4.78 is 10.0. The van der Waals surface area contributed by atoms with Crippen molar-refractivity contribution in [3.63, 3.8) is 0 Å². The lowest BCUT2D eigenvalue weighted by molar-refractivity contribution is -0.115. The van der Waals surface area contributed by atoms with E-state index >= 15 is 0 Å². The molecule has 3 heteroatoms. The summed E-state index contributed by atoms with van der Waals surface area (Å²) in [7, 11) is 0. The van der Waals surface area contributed by atoms with Crippen molar-refractivity contribution in [2.24, 2.45) is 0 Å². The Morgan fingerprint density at radius 1 is 1.27 bits per heavy atom. The summed E-state index contributed by atoms with van der Waals surface area (Å²) in [5, 5.41) is 9.07. The van der Waals surface area contributed by atoms with Crippen LogP contribution < -0.4 is 0 Å². The molecule has 0 aromatic rings. The zero-order valence-corrected chi connectivity index (χ0v) is 7.38. The molecule has 0 aliphatic rings. The average Bonchev–Trinajstić information content (AvgIpc) is 1.99. The fraction of sp³-hybridized carbons (Fsp3) is 1.00. The van der Waals surface area contributed by atoms with Crippen LogP contribution in [0.1, 0.15) is 26.7 Å². The highest BCUT2D eigenvalue weighted by molar-refractivity contribution is 4.39. The Morgan fingerprint density at radius 2 is 2.00 bits per heavy atom. The summed E-state index contributed by atoms with van der Waals surface area (Å²) in [5.74, 6) is 0. The molecule has 0 saturated carbocycles. The zero-order chi connectivity index (χ0) is 8.53. The quantitative estimate of drug-likeness (QED) is 0.451. The molecule has 0 fully saturated rings. The minimum absolute atomic E-state index is 0.481. The second-order valence-electron chi connectivity index (χ2n) is 2.31. The van der Waals surface area contributed by atoms with Gasteiger partial charge in [0.2, 0.25) is 0 Å². The zero-order valence-electron chi connectivity index (χ0n) is 7.38. The van der Waals surface area contributed by atoms with Crippen molar-refractivity contribution in [2.45, 2.75) is 33.0 Å². The maximum atomic E-state index is 9.07. The molecular formula is C8H18O3. The smallest absolute Gasteiger partial charge is 0.154 e. The summed E-state index contributed by atoms with van der Waals surface area (Å²) in [6.07, 6.45) is 1.03. The lowest BCUT2D eigenvalue weighted by atomic mass is 10.3. The molecular weight excluding hydrogens is 144 g/mol. The predicted molar refractivity (Wildman–Crippen MR) is 43.4 cm³/mol. The third-order valence-corrected chi connectivity index (χ3v) is 1.28. The second-order valence-corrected chi connectivity index (χ2v) is 2.31. The third kappa shape index (κ3) is 7.78. The lowest BCUT2D eigenvalue weighted by Gasteiger charge is -2.09. The largest absolute Gasteiger partial charge is 0.379 e. The van der Waals surface area contributed by atoms with E-state index in [-0.39, 0.29) is 0 Å². The molecule has 0 saturated heterocycles. The number of hydrogen-bond donors (Lipinski definition) is 1. The number of aliphatic hydroxyl groups is 1. The molecule has 1 N–H and O–H groups in total. The summed E-state index contributed by atoms with van der Waals surface area (Å²) >= 11 is 0. The molecule has 0 aromatic carbocycles. The topological polar surface area (TPSA) is 38.7 Å². The minimum Gasteiger partial charge on any atom is -0.379 e. The van der Waals surface area contributed by atoms with Gasteiger partial charge in [0.25, 0.3) is 0 Å². The first-order valence-corrected chi connectivity index (χ1v) is 4.18. The Labute approximate surface area is 68.3 Å². The van der Waals surface area contributed by atoms with Crippen LogP contribution in [0, 0.1) is 0 Å². The van der Waals surface area contributed by atoms with Gasteiger partial charge in [-0.15, -0.1) is 0 Å². The van der Waals surface area contributed by atoms with Crippen LogP contribution in [0.4, 0.5) is 0 Å². The monoisotopic (exact) mass is 162 g/mol. The predicted octanol–water partition coefficient (Wildman–Crippen LogP) is 1.16. The van der Waals surface area contributed by atoms with Crippen LogP contribution in [0.25, 0.3) is 0 Å². The van der Waals surface area contributed by atoms with E-state index in [2.05, 4.69) is 0 Å². The van der Waals surface area contributed by atoms with Crippen LogP contribution in [-0.2, 0) is 9.47 Å². The van der Waals surface area contributed by atoms with E-state index < -0.39 is 6.29 Å². The van der Waals surface area contributed by atoms with Crippen molar-refractivity contribution in [1.29, 1.82) is 0 Å². The standard InChI is InChI=1S/C8H18O3/c1-3-5-8(9)11-7-6-10-4-2/h8-9H,3-7H2,1-2H3. The van der Waals surface area contributed by atoms with Gasteiger partial charge in [-0.2, -0.15) is 0 Å². The molecule has 0 heterocycles. The van der Waals surface area contributed by atoms with Gasteiger partial charge in [0, 0.05) is 6.61 Å². The number of ether oxygens (including phenoxy) is 2. The van der Waals surface area contributed by atoms with Gasteiger partial charge in [-0.25, -0.2) is 0 Å². The van der Waals surface area contributed by atoms with Gasteiger partial charge >= 0.3 is 0 Å². The van der Waals surface area contributed by atoms with Crippen molar-refractivity contribution in [3.8, 4) is 0 Å². The molecule has 1 atom stereocenters. The van der Waals surface area contributed by atoms with Crippen molar-refractivity contribution in [3.05, 3.63) is 0 Å². The SMILES string of the molecule is CCCC(O)OCCOCC. The molecule has 0 rings (SSSR count). The highest BCUT2D eigenvalue weighted by Crippen LogP contribution is 1.96. The molecule has 11 heavy (non-hydrogen) atoms. The van der Waals surface area contributed by atoms with E-state index in [0.29, 0.717) is 26.2 Å².